The topological polar surface area (TPSA) is 6.48 Å². The first kappa shape index (κ1) is 11.1. The molecule has 0 N–H and O–H groups in total. The Kier molecular flexibility index (Phi) is 5.31. The molecule has 0 aromatic carbocycles. The van der Waals surface area contributed by atoms with Gasteiger partial charge in [-0.05, 0) is 0 Å². The van der Waals surface area contributed by atoms with Crippen molar-refractivity contribution in [3.8, 4) is 0 Å². The minimum atomic E-state index is 0.942. The molecule has 64 valence electrons. The fourth-order valence-electron chi connectivity index (χ4n) is 0.736. The predicted octanol–water partition coefficient (Wildman–Crippen LogP) is 0.364. The molecule has 0 saturated carbocycles. The summed E-state index contributed by atoms with van der Waals surface area (Å²) >= 11 is 2.57. The van der Waals surface area contributed by atoms with Crippen LogP contribution in [0.2, 0.25) is 0 Å². The summed E-state index contributed by atoms with van der Waals surface area (Å²) in [4.78, 5) is 3.90. The number of hydrogen-bond acceptors (Lipinski definition) is 2. The van der Waals surface area contributed by atoms with Gasteiger partial charge in [-0.2, -0.15) is 0 Å². The van der Waals surface area contributed by atoms with E-state index in [9.17, 15) is 0 Å². The van der Waals surface area contributed by atoms with Crippen LogP contribution >= 0.6 is 0 Å². The molecule has 2 nitrogen and oxygen atoms in total. The zero-order valence-electron chi connectivity index (χ0n) is 7.80. The fraction of sp³-hybridized carbons (Fsp3) is 0.444. The van der Waals surface area contributed by atoms with Crippen LogP contribution in [0.1, 0.15) is 0 Å². The Bertz CT molecular complexity index is 282. The molecule has 0 aliphatic rings. The standard InChI is InChI=1S/C9H12N2.Cr/c1-6-7-8-9(10(2)3)11(4)5;/h2-5H3;. The molecule has 0 bridgehead atoms. The second kappa shape index (κ2) is 5.73. The molecule has 0 fully saturated rings. The molecule has 0 aromatic heterocycles. The minimum absolute atomic E-state index is 0.942. The van der Waals surface area contributed by atoms with Gasteiger partial charge in [0.2, 0.25) is 0 Å². The van der Waals surface area contributed by atoms with Crippen molar-refractivity contribution in [1.82, 2.24) is 9.80 Å². The number of hydrogen-bond donors (Lipinski definition) is 0. The molecule has 3 heteroatoms. The van der Waals surface area contributed by atoms with Crippen molar-refractivity contribution in [2.75, 3.05) is 28.2 Å². The third-order valence-electron chi connectivity index (χ3n) is 1.14. The first-order valence-corrected chi connectivity index (χ1v) is 4.08. The van der Waals surface area contributed by atoms with E-state index in [0.29, 0.717) is 0 Å². The Balaban J connectivity index is 5.13. The van der Waals surface area contributed by atoms with Gasteiger partial charge in [0.05, 0.1) is 0 Å². The van der Waals surface area contributed by atoms with E-state index >= 15 is 0 Å². The summed E-state index contributed by atoms with van der Waals surface area (Å²) in [5, 5.41) is 0. The van der Waals surface area contributed by atoms with Crippen LogP contribution in [0.25, 0.3) is 0 Å². The molecule has 0 aliphatic heterocycles. The molecule has 0 atom stereocenters. The Labute approximate surface area is 81.7 Å². The third kappa shape index (κ3) is 4.10. The van der Waals surface area contributed by atoms with Crippen LogP contribution in [0, 0.1) is 0 Å². The fourth-order valence-corrected chi connectivity index (χ4v) is 0.816. The molecular formula is C9H12CrN2. The van der Waals surface area contributed by atoms with E-state index in [4.69, 9.17) is 0 Å². The van der Waals surface area contributed by atoms with Crippen LogP contribution in [-0.4, -0.2) is 42.5 Å². The summed E-state index contributed by atoms with van der Waals surface area (Å²) in [7, 11) is 7.82. The molecule has 0 radical (unpaired) electrons. The average molecular weight is 200 g/mol. The van der Waals surface area contributed by atoms with E-state index < -0.39 is 0 Å². The molecule has 0 heterocycles. The van der Waals surface area contributed by atoms with Gasteiger partial charge in [-0.3, -0.25) is 0 Å². The van der Waals surface area contributed by atoms with Crippen LogP contribution in [0.5, 0.6) is 0 Å². The number of rotatable bonds is 2. The van der Waals surface area contributed by atoms with E-state index in [1.54, 1.807) is 0 Å². The van der Waals surface area contributed by atoms with E-state index in [-0.39, 0.29) is 0 Å². The van der Waals surface area contributed by atoms with Crippen LogP contribution in [-0.2, 0) is 15.9 Å². The molecule has 0 unspecified atom stereocenters. The molecule has 0 aliphatic carbocycles. The Hall–Kier alpha value is -0.878. The summed E-state index contributed by atoms with van der Waals surface area (Å²) in [6.45, 7) is 0. The molecule has 12 heavy (non-hydrogen) atoms. The van der Waals surface area contributed by atoms with Crippen LogP contribution in [0.4, 0.5) is 0 Å². The maximum atomic E-state index is 2.94. The Morgan fingerprint density at radius 1 is 1.00 bits per heavy atom. The molecule has 0 saturated heterocycles. The van der Waals surface area contributed by atoms with Crippen molar-refractivity contribution in [1.29, 1.82) is 0 Å². The quantitative estimate of drug-likeness (QED) is 0.594. The summed E-state index contributed by atoms with van der Waals surface area (Å²) in [5.41, 5.74) is 8.33. The van der Waals surface area contributed by atoms with Crippen molar-refractivity contribution < 1.29 is 15.9 Å². The van der Waals surface area contributed by atoms with Gasteiger partial charge in [0.15, 0.2) is 0 Å². The van der Waals surface area contributed by atoms with Crippen molar-refractivity contribution in [3.05, 3.63) is 23.0 Å². The van der Waals surface area contributed by atoms with Gasteiger partial charge in [-0.1, -0.05) is 0 Å². The van der Waals surface area contributed by atoms with Gasteiger partial charge >= 0.3 is 81.4 Å². The normalized spacial score (nSPS) is 7.00. The van der Waals surface area contributed by atoms with Gasteiger partial charge in [0.25, 0.3) is 0 Å². The van der Waals surface area contributed by atoms with Gasteiger partial charge < -0.3 is 0 Å². The predicted molar refractivity (Wildman–Crippen MR) is 46.4 cm³/mol. The summed E-state index contributed by atoms with van der Waals surface area (Å²) in [6, 6.07) is 0. The zero-order valence-corrected chi connectivity index (χ0v) is 9.08. The molecule has 0 amide bonds. The third-order valence-corrected chi connectivity index (χ3v) is 1.29. The monoisotopic (exact) mass is 200 g/mol. The van der Waals surface area contributed by atoms with Crippen LogP contribution in [0.3, 0.4) is 0 Å². The SMILES string of the molecule is CN(C)C(=C=C=C=[C]=[Cr])N(C)C. The average Bonchev–Trinajstić information content (AvgIpc) is 1.96. The summed E-state index contributed by atoms with van der Waals surface area (Å²) in [6.07, 6.45) is 0. The summed E-state index contributed by atoms with van der Waals surface area (Å²) in [5.74, 6) is 0.942. The second-order valence-corrected chi connectivity index (χ2v) is 2.91. The van der Waals surface area contributed by atoms with E-state index in [0.717, 1.165) is 5.82 Å². The van der Waals surface area contributed by atoms with Gasteiger partial charge in [-0.25, -0.2) is 0 Å². The maximum absolute atomic E-state index is 2.94. The van der Waals surface area contributed by atoms with Gasteiger partial charge in [-0.15, -0.1) is 0 Å². The van der Waals surface area contributed by atoms with Gasteiger partial charge in [0, 0.05) is 0 Å². The van der Waals surface area contributed by atoms with E-state index in [2.05, 4.69) is 37.6 Å². The van der Waals surface area contributed by atoms with Crippen LogP contribution in [0.15, 0.2) is 23.0 Å². The van der Waals surface area contributed by atoms with Crippen molar-refractivity contribution >= 4 is 4.54 Å². The molecule has 0 spiro atoms. The first-order valence-electron chi connectivity index (χ1n) is 3.44. The first-order chi connectivity index (χ1) is 5.59. The van der Waals surface area contributed by atoms with Crippen LogP contribution < -0.4 is 0 Å². The van der Waals surface area contributed by atoms with Crippen molar-refractivity contribution in [3.63, 3.8) is 0 Å². The van der Waals surface area contributed by atoms with Gasteiger partial charge in [0.1, 0.15) is 0 Å². The van der Waals surface area contributed by atoms with E-state index in [1.807, 2.05) is 38.0 Å². The van der Waals surface area contributed by atoms with E-state index in [1.165, 1.54) is 0 Å². The van der Waals surface area contributed by atoms with Crippen molar-refractivity contribution in [2.24, 2.45) is 0 Å². The second-order valence-electron chi connectivity index (χ2n) is 2.59. The Morgan fingerprint density at radius 2 is 1.50 bits per heavy atom. The Morgan fingerprint density at radius 3 is 1.83 bits per heavy atom. The molecule has 0 aromatic rings. The number of nitrogens with zero attached hydrogens (tertiary/aromatic N) is 2. The molecular weight excluding hydrogens is 188 g/mol. The van der Waals surface area contributed by atoms with Crippen molar-refractivity contribution in [2.45, 2.75) is 0 Å². The zero-order chi connectivity index (χ0) is 9.56. The summed E-state index contributed by atoms with van der Waals surface area (Å²) < 4.78 is 2.60. The molecule has 0 rings (SSSR count).